The van der Waals surface area contributed by atoms with Crippen molar-refractivity contribution in [3.63, 3.8) is 0 Å². The molecule has 3 rings (SSSR count). The van der Waals surface area contributed by atoms with Crippen molar-refractivity contribution in [2.24, 2.45) is 10.9 Å². The van der Waals surface area contributed by atoms with Gasteiger partial charge in [-0.1, -0.05) is 31.0 Å². The fourth-order valence-electron chi connectivity index (χ4n) is 3.32. The van der Waals surface area contributed by atoms with Gasteiger partial charge in [0.2, 0.25) is 0 Å². The summed E-state index contributed by atoms with van der Waals surface area (Å²) in [6.45, 7) is 0.671. The first-order chi connectivity index (χ1) is 9.07. The van der Waals surface area contributed by atoms with E-state index in [0.717, 1.165) is 17.3 Å². The van der Waals surface area contributed by atoms with Crippen molar-refractivity contribution in [1.29, 1.82) is 0 Å². The number of sulfone groups is 1. The van der Waals surface area contributed by atoms with Gasteiger partial charge in [0.25, 0.3) is 0 Å². The van der Waals surface area contributed by atoms with E-state index in [-0.39, 0.29) is 5.92 Å². The minimum atomic E-state index is -2.76. The van der Waals surface area contributed by atoms with Gasteiger partial charge in [0, 0.05) is 17.8 Å². The average Bonchev–Trinajstić information content (AvgIpc) is 2.92. The van der Waals surface area contributed by atoms with E-state index in [1.165, 1.54) is 32.1 Å². The number of aliphatic imine (C=N–C) groups is 1. The highest BCUT2D eigenvalue weighted by atomic mass is 32.2. The standard InChI is InChI=1S/C13H22N2O2S2/c16-19(17)7-4-11(9-19)8-14-12-15-13(10-18-12)5-2-1-3-6-13/h11H,1-10H2,(H,14,15). The van der Waals surface area contributed by atoms with E-state index in [2.05, 4.69) is 10.3 Å². The first-order valence-corrected chi connectivity index (χ1v) is 10.0. The molecule has 0 aromatic carbocycles. The third kappa shape index (κ3) is 3.27. The van der Waals surface area contributed by atoms with E-state index in [9.17, 15) is 8.42 Å². The fraction of sp³-hybridized carbons (Fsp3) is 0.923. The van der Waals surface area contributed by atoms with Crippen LogP contribution in [0.15, 0.2) is 4.99 Å². The molecule has 0 amide bonds. The van der Waals surface area contributed by atoms with Gasteiger partial charge in [0.1, 0.15) is 0 Å². The monoisotopic (exact) mass is 302 g/mol. The van der Waals surface area contributed by atoms with Crippen molar-refractivity contribution in [3.8, 4) is 0 Å². The lowest BCUT2D eigenvalue weighted by molar-refractivity contribution is 0.303. The molecule has 2 saturated heterocycles. The quantitative estimate of drug-likeness (QED) is 0.845. The number of hydrogen-bond acceptors (Lipinski definition) is 4. The second kappa shape index (κ2) is 5.28. The minimum absolute atomic E-state index is 0.239. The molecule has 6 heteroatoms. The molecule has 0 bridgehead atoms. The minimum Gasteiger partial charge on any atom is -0.359 e. The largest absolute Gasteiger partial charge is 0.359 e. The van der Waals surface area contributed by atoms with Gasteiger partial charge in [0.15, 0.2) is 15.0 Å². The van der Waals surface area contributed by atoms with E-state index in [4.69, 9.17) is 0 Å². The molecule has 1 aliphatic carbocycles. The number of thioether (sulfide) groups is 1. The summed E-state index contributed by atoms with van der Waals surface area (Å²) in [5.74, 6) is 2.06. The Labute approximate surface area is 119 Å². The summed E-state index contributed by atoms with van der Waals surface area (Å²) in [6, 6.07) is 0. The second-order valence-corrected chi connectivity index (χ2v) is 9.36. The third-order valence-electron chi connectivity index (χ3n) is 4.49. The van der Waals surface area contributed by atoms with Crippen LogP contribution >= 0.6 is 11.8 Å². The first-order valence-electron chi connectivity index (χ1n) is 7.23. The molecule has 108 valence electrons. The van der Waals surface area contributed by atoms with Gasteiger partial charge >= 0.3 is 0 Å². The van der Waals surface area contributed by atoms with Crippen molar-refractivity contribution in [3.05, 3.63) is 0 Å². The Morgan fingerprint density at radius 2 is 2.11 bits per heavy atom. The predicted octanol–water partition coefficient (Wildman–Crippen LogP) is 1.82. The normalized spacial score (nSPS) is 34.7. The Hall–Kier alpha value is -0.230. The number of amidine groups is 1. The van der Waals surface area contributed by atoms with Crippen LogP contribution in [0.5, 0.6) is 0 Å². The van der Waals surface area contributed by atoms with E-state index < -0.39 is 9.84 Å². The van der Waals surface area contributed by atoms with Crippen LogP contribution in [0.25, 0.3) is 0 Å². The number of hydrogen-bond donors (Lipinski definition) is 1. The van der Waals surface area contributed by atoms with Gasteiger partial charge in [0.05, 0.1) is 11.5 Å². The lowest BCUT2D eigenvalue weighted by Crippen LogP contribution is -2.45. The van der Waals surface area contributed by atoms with Crippen LogP contribution in [0.3, 0.4) is 0 Å². The summed E-state index contributed by atoms with van der Waals surface area (Å²) in [6.07, 6.45) is 7.31. The van der Waals surface area contributed by atoms with Gasteiger partial charge < -0.3 is 5.32 Å². The smallest absolute Gasteiger partial charge is 0.157 e. The van der Waals surface area contributed by atoms with Crippen LogP contribution in [0, 0.1) is 5.92 Å². The maximum atomic E-state index is 11.4. The predicted molar refractivity (Wildman–Crippen MR) is 80.5 cm³/mol. The van der Waals surface area contributed by atoms with Crippen LogP contribution in [0.1, 0.15) is 38.5 Å². The maximum absolute atomic E-state index is 11.4. The van der Waals surface area contributed by atoms with Crippen molar-refractivity contribution < 1.29 is 8.42 Å². The molecule has 1 unspecified atom stereocenters. The Kier molecular flexibility index (Phi) is 3.82. The van der Waals surface area contributed by atoms with E-state index in [1.807, 2.05) is 11.8 Å². The molecule has 2 heterocycles. The highest BCUT2D eigenvalue weighted by Crippen LogP contribution is 2.36. The SMILES string of the molecule is O=S1(=O)CCC(CN=C2NC3(CCCCC3)CS2)C1. The Bertz CT molecular complexity index is 467. The number of rotatable bonds is 2. The third-order valence-corrected chi connectivity index (χ3v) is 7.53. The highest BCUT2D eigenvalue weighted by Gasteiger charge is 2.38. The summed E-state index contributed by atoms with van der Waals surface area (Å²) in [5, 5.41) is 4.66. The molecule has 1 N–H and O–H groups in total. The van der Waals surface area contributed by atoms with E-state index >= 15 is 0 Å². The zero-order valence-corrected chi connectivity index (χ0v) is 12.9. The summed E-state index contributed by atoms with van der Waals surface area (Å²) in [4.78, 5) is 4.62. The molecule has 2 aliphatic heterocycles. The van der Waals surface area contributed by atoms with Crippen LogP contribution < -0.4 is 5.32 Å². The van der Waals surface area contributed by atoms with Gasteiger partial charge in [-0.2, -0.15) is 0 Å². The van der Waals surface area contributed by atoms with Crippen molar-refractivity contribution in [2.75, 3.05) is 23.8 Å². The van der Waals surface area contributed by atoms with Crippen molar-refractivity contribution in [1.82, 2.24) is 5.32 Å². The molecular weight excluding hydrogens is 280 g/mol. The zero-order chi connectivity index (χ0) is 13.3. The zero-order valence-electron chi connectivity index (χ0n) is 11.2. The average molecular weight is 302 g/mol. The van der Waals surface area contributed by atoms with Crippen molar-refractivity contribution >= 4 is 26.8 Å². The molecule has 0 radical (unpaired) electrons. The molecule has 3 fully saturated rings. The number of nitrogens with zero attached hydrogens (tertiary/aromatic N) is 1. The van der Waals surface area contributed by atoms with Crippen LogP contribution in [0.2, 0.25) is 0 Å². The Morgan fingerprint density at radius 1 is 1.32 bits per heavy atom. The lowest BCUT2D eigenvalue weighted by atomic mass is 9.83. The summed E-state index contributed by atoms with van der Waals surface area (Å²) in [7, 11) is -2.76. The van der Waals surface area contributed by atoms with Crippen LogP contribution in [-0.4, -0.2) is 42.9 Å². The van der Waals surface area contributed by atoms with Crippen LogP contribution in [0.4, 0.5) is 0 Å². The van der Waals surface area contributed by atoms with E-state index in [1.54, 1.807) is 0 Å². The second-order valence-electron chi connectivity index (χ2n) is 6.17. The molecule has 4 nitrogen and oxygen atoms in total. The highest BCUT2D eigenvalue weighted by molar-refractivity contribution is 8.14. The first kappa shape index (κ1) is 13.7. The van der Waals surface area contributed by atoms with Crippen molar-refractivity contribution in [2.45, 2.75) is 44.1 Å². The lowest BCUT2D eigenvalue weighted by Gasteiger charge is -2.32. The fourth-order valence-corrected chi connectivity index (χ4v) is 6.39. The van der Waals surface area contributed by atoms with Gasteiger partial charge in [-0.3, -0.25) is 4.99 Å². The molecular formula is C13H22N2O2S2. The summed E-state index contributed by atoms with van der Waals surface area (Å²) < 4.78 is 22.8. The summed E-state index contributed by atoms with van der Waals surface area (Å²) in [5.41, 5.74) is 0.295. The van der Waals surface area contributed by atoms with Gasteiger partial charge in [-0.05, 0) is 25.2 Å². The molecule has 1 saturated carbocycles. The molecule has 1 spiro atoms. The molecule has 1 atom stereocenters. The molecule has 0 aromatic heterocycles. The van der Waals surface area contributed by atoms with Gasteiger partial charge in [-0.15, -0.1) is 0 Å². The summed E-state index contributed by atoms with van der Waals surface area (Å²) >= 11 is 1.82. The van der Waals surface area contributed by atoms with Crippen LogP contribution in [-0.2, 0) is 9.84 Å². The molecule has 3 aliphatic rings. The van der Waals surface area contributed by atoms with Gasteiger partial charge in [-0.25, -0.2) is 8.42 Å². The molecule has 0 aromatic rings. The van der Waals surface area contributed by atoms with E-state index in [0.29, 0.717) is 23.6 Å². The Balaban J connectivity index is 1.55. The Morgan fingerprint density at radius 3 is 2.79 bits per heavy atom. The topological polar surface area (TPSA) is 58.5 Å². The number of nitrogens with one attached hydrogen (secondary N) is 1. The maximum Gasteiger partial charge on any atom is 0.157 e. The molecule has 19 heavy (non-hydrogen) atoms.